The molecule has 0 amide bonds. The molecule has 0 bridgehead atoms. The van der Waals surface area contributed by atoms with Crippen molar-refractivity contribution in [2.75, 3.05) is 0 Å². The average molecular weight is 210 g/mol. The summed E-state index contributed by atoms with van der Waals surface area (Å²) in [5.41, 5.74) is 0. The quantitative estimate of drug-likeness (QED) is 0.470. The Morgan fingerprint density at radius 3 is 2.53 bits per heavy atom. The van der Waals surface area contributed by atoms with Crippen molar-refractivity contribution in [2.45, 2.75) is 83.3 Å². The van der Waals surface area contributed by atoms with Gasteiger partial charge in [0.25, 0.3) is 0 Å². The van der Waals surface area contributed by atoms with Crippen LogP contribution in [0.5, 0.6) is 0 Å². The lowest BCUT2D eigenvalue weighted by molar-refractivity contribution is 0.261. The van der Waals surface area contributed by atoms with Crippen LogP contribution >= 0.6 is 0 Å². The summed E-state index contributed by atoms with van der Waals surface area (Å²) in [5.74, 6) is 0.926. The maximum Gasteiger partial charge on any atom is 0.0869 e. The van der Waals surface area contributed by atoms with E-state index in [1.165, 1.54) is 64.2 Å². The first-order valence-electron chi connectivity index (χ1n) is 7.07. The van der Waals surface area contributed by atoms with Crippen LogP contribution in [-0.2, 0) is 4.74 Å². The highest BCUT2D eigenvalue weighted by Gasteiger charge is 2.43. The number of hydrogen-bond acceptors (Lipinski definition) is 1. The highest BCUT2D eigenvalue weighted by molar-refractivity contribution is 4.91. The second-order valence-electron chi connectivity index (χ2n) is 5.39. The average Bonchev–Trinajstić information content (AvgIpc) is 3.05. The third-order valence-electron chi connectivity index (χ3n) is 4.08. The molecule has 2 fully saturated rings. The van der Waals surface area contributed by atoms with Crippen LogP contribution in [0, 0.1) is 5.92 Å². The van der Waals surface area contributed by atoms with Crippen molar-refractivity contribution in [1.82, 2.24) is 0 Å². The monoisotopic (exact) mass is 210 g/mol. The predicted octanol–water partition coefficient (Wildman–Crippen LogP) is 4.30. The Labute approximate surface area is 94.6 Å². The lowest BCUT2D eigenvalue weighted by Gasteiger charge is -2.19. The summed E-state index contributed by atoms with van der Waals surface area (Å²) in [7, 11) is 0. The van der Waals surface area contributed by atoms with E-state index in [1.54, 1.807) is 0 Å². The van der Waals surface area contributed by atoms with Gasteiger partial charge in [0.05, 0.1) is 12.2 Å². The van der Waals surface area contributed by atoms with Crippen LogP contribution in [-0.4, -0.2) is 12.2 Å². The van der Waals surface area contributed by atoms with Gasteiger partial charge in [-0.05, 0) is 25.2 Å². The largest absolute Gasteiger partial charge is 0.369 e. The van der Waals surface area contributed by atoms with Crippen molar-refractivity contribution in [3.63, 3.8) is 0 Å². The molecule has 88 valence electrons. The van der Waals surface area contributed by atoms with Gasteiger partial charge in [-0.2, -0.15) is 0 Å². The number of ether oxygens (including phenoxy) is 1. The molecule has 1 saturated carbocycles. The molecule has 0 radical (unpaired) electrons. The number of unbranched alkanes of at least 4 members (excludes halogenated alkanes) is 3. The molecule has 15 heavy (non-hydrogen) atoms. The fraction of sp³-hybridized carbons (Fsp3) is 1.00. The summed E-state index contributed by atoms with van der Waals surface area (Å²) in [6.45, 7) is 2.28. The Kier molecular flexibility index (Phi) is 4.49. The van der Waals surface area contributed by atoms with Gasteiger partial charge >= 0.3 is 0 Å². The van der Waals surface area contributed by atoms with Crippen LogP contribution in [0.3, 0.4) is 0 Å². The highest BCUT2D eigenvalue weighted by atomic mass is 16.6. The lowest BCUT2D eigenvalue weighted by Crippen LogP contribution is -2.14. The molecule has 1 aliphatic carbocycles. The first-order chi connectivity index (χ1) is 7.42. The second kappa shape index (κ2) is 5.89. The standard InChI is InChI=1S/C14H26O/c1-2-3-4-8-11-13-14(15-13)12-9-6-5-7-10-12/h12-14H,2-11H2,1H3. The summed E-state index contributed by atoms with van der Waals surface area (Å²) in [4.78, 5) is 0. The minimum absolute atomic E-state index is 0.657. The first kappa shape index (κ1) is 11.4. The number of epoxide rings is 1. The fourth-order valence-electron chi connectivity index (χ4n) is 3.04. The molecule has 0 spiro atoms. The van der Waals surface area contributed by atoms with Crippen molar-refractivity contribution in [2.24, 2.45) is 5.92 Å². The molecule has 0 aromatic rings. The molecule has 2 rings (SSSR count). The highest BCUT2D eigenvalue weighted by Crippen LogP contribution is 2.40. The van der Waals surface area contributed by atoms with E-state index in [0.717, 1.165) is 5.92 Å². The van der Waals surface area contributed by atoms with Crippen LogP contribution < -0.4 is 0 Å². The van der Waals surface area contributed by atoms with E-state index in [2.05, 4.69) is 6.92 Å². The van der Waals surface area contributed by atoms with Crippen molar-refractivity contribution >= 4 is 0 Å². The van der Waals surface area contributed by atoms with Gasteiger partial charge < -0.3 is 4.74 Å². The van der Waals surface area contributed by atoms with Crippen LogP contribution in [0.1, 0.15) is 71.1 Å². The van der Waals surface area contributed by atoms with Crippen LogP contribution in [0.15, 0.2) is 0 Å². The number of hydrogen-bond donors (Lipinski definition) is 0. The molecular formula is C14H26O. The third-order valence-corrected chi connectivity index (χ3v) is 4.08. The Hall–Kier alpha value is -0.0400. The maximum absolute atomic E-state index is 5.84. The van der Waals surface area contributed by atoms with E-state index >= 15 is 0 Å². The maximum atomic E-state index is 5.84. The molecule has 1 aliphatic heterocycles. The van der Waals surface area contributed by atoms with Gasteiger partial charge in [0.2, 0.25) is 0 Å². The summed E-state index contributed by atoms with van der Waals surface area (Å²) in [6, 6.07) is 0. The molecule has 0 N–H and O–H groups in total. The van der Waals surface area contributed by atoms with Crippen molar-refractivity contribution in [3.05, 3.63) is 0 Å². The minimum atomic E-state index is 0.657. The van der Waals surface area contributed by atoms with Crippen LogP contribution in [0.25, 0.3) is 0 Å². The molecular weight excluding hydrogens is 184 g/mol. The minimum Gasteiger partial charge on any atom is -0.369 e. The fourth-order valence-corrected chi connectivity index (χ4v) is 3.04. The predicted molar refractivity (Wildman–Crippen MR) is 64.0 cm³/mol. The van der Waals surface area contributed by atoms with E-state index in [1.807, 2.05) is 0 Å². The smallest absolute Gasteiger partial charge is 0.0869 e. The van der Waals surface area contributed by atoms with Gasteiger partial charge in [-0.25, -0.2) is 0 Å². The molecule has 0 aromatic carbocycles. The van der Waals surface area contributed by atoms with Crippen LogP contribution in [0.2, 0.25) is 0 Å². The normalized spacial score (nSPS) is 31.8. The Morgan fingerprint density at radius 1 is 1.00 bits per heavy atom. The van der Waals surface area contributed by atoms with E-state index < -0.39 is 0 Å². The first-order valence-corrected chi connectivity index (χ1v) is 7.07. The summed E-state index contributed by atoms with van der Waals surface area (Å²) in [5, 5.41) is 0. The molecule has 0 aromatic heterocycles. The van der Waals surface area contributed by atoms with Gasteiger partial charge in [0.15, 0.2) is 0 Å². The van der Waals surface area contributed by atoms with E-state index in [0.29, 0.717) is 12.2 Å². The van der Waals surface area contributed by atoms with Crippen LogP contribution in [0.4, 0.5) is 0 Å². The van der Waals surface area contributed by atoms with Gasteiger partial charge in [-0.1, -0.05) is 51.9 Å². The summed E-state index contributed by atoms with van der Waals surface area (Å²) in [6.07, 6.45) is 15.5. The zero-order valence-corrected chi connectivity index (χ0v) is 10.2. The van der Waals surface area contributed by atoms with Crippen molar-refractivity contribution in [3.8, 4) is 0 Å². The van der Waals surface area contributed by atoms with Gasteiger partial charge in [0.1, 0.15) is 0 Å². The van der Waals surface area contributed by atoms with Crippen molar-refractivity contribution < 1.29 is 4.74 Å². The molecule has 1 heteroatoms. The molecule has 1 saturated heterocycles. The third kappa shape index (κ3) is 3.48. The number of rotatable bonds is 6. The molecule has 1 heterocycles. The Balaban J connectivity index is 1.55. The van der Waals surface area contributed by atoms with E-state index in [9.17, 15) is 0 Å². The Bertz CT molecular complexity index is 172. The van der Waals surface area contributed by atoms with Gasteiger partial charge in [-0.3, -0.25) is 0 Å². The zero-order valence-electron chi connectivity index (χ0n) is 10.2. The van der Waals surface area contributed by atoms with E-state index in [4.69, 9.17) is 4.74 Å². The molecule has 2 aliphatic rings. The van der Waals surface area contributed by atoms with Crippen molar-refractivity contribution in [1.29, 1.82) is 0 Å². The van der Waals surface area contributed by atoms with Gasteiger partial charge in [0, 0.05) is 0 Å². The van der Waals surface area contributed by atoms with Gasteiger partial charge in [-0.15, -0.1) is 0 Å². The molecule has 1 nitrogen and oxygen atoms in total. The summed E-state index contributed by atoms with van der Waals surface area (Å²) < 4.78 is 5.84. The zero-order chi connectivity index (χ0) is 10.5. The molecule has 2 unspecified atom stereocenters. The lowest BCUT2D eigenvalue weighted by atomic mass is 9.85. The van der Waals surface area contributed by atoms with E-state index in [-0.39, 0.29) is 0 Å². The summed E-state index contributed by atoms with van der Waals surface area (Å²) >= 11 is 0. The topological polar surface area (TPSA) is 12.5 Å². The SMILES string of the molecule is CCCCCCC1OC1C1CCCCC1. The second-order valence-corrected chi connectivity index (χ2v) is 5.39. The molecule has 2 atom stereocenters. The Morgan fingerprint density at radius 2 is 1.80 bits per heavy atom.